The molecule has 0 fully saturated rings. The Morgan fingerprint density at radius 2 is 2.26 bits per heavy atom. The van der Waals surface area contributed by atoms with Gasteiger partial charge < -0.3 is 15.2 Å². The molecular formula is C13H14BrN3O2. The topological polar surface area (TPSA) is 67.2 Å². The zero-order valence-corrected chi connectivity index (χ0v) is 12.0. The second-order valence-corrected chi connectivity index (χ2v) is 4.97. The van der Waals surface area contributed by atoms with E-state index >= 15 is 0 Å². The third-order valence-electron chi connectivity index (χ3n) is 2.40. The van der Waals surface area contributed by atoms with Crippen molar-refractivity contribution in [3.05, 3.63) is 40.6 Å². The molecule has 19 heavy (non-hydrogen) atoms. The molecule has 6 heteroatoms. The minimum atomic E-state index is -0.101. The number of nitrogens with zero attached hydrogens (tertiary/aromatic N) is 1. The fraction of sp³-hybridized carbons (Fsp3) is 0.231. The van der Waals surface area contributed by atoms with Crippen molar-refractivity contribution in [1.82, 2.24) is 5.16 Å². The lowest BCUT2D eigenvalue weighted by Crippen LogP contribution is -2.16. The van der Waals surface area contributed by atoms with Gasteiger partial charge in [0, 0.05) is 29.2 Å². The molecule has 0 aliphatic heterocycles. The van der Waals surface area contributed by atoms with Gasteiger partial charge in [0.25, 0.3) is 0 Å². The number of carbonyl (C=O) groups excluding carboxylic acids is 1. The van der Waals surface area contributed by atoms with Gasteiger partial charge in [0.05, 0.1) is 0 Å². The summed E-state index contributed by atoms with van der Waals surface area (Å²) in [6.45, 7) is 2.33. The summed E-state index contributed by atoms with van der Waals surface area (Å²) >= 11 is 3.39. The zero-order chi connectivity index (χ0) is 13.7. The summed E-state index contributed by atoms with van der Waals surface area (Å²) in [7, 11) is 0. The average Bonchev–Trinajstić information content (AvgIpc) is 2.75. The number of nitrogens with one attached hydrogen (secondary N) is 2. The first-order chi connectivity index (χ1) is 9.13. The summed E-state index contributed by atoms with van der Waals surface area (Å²) in [4.78, 5) is 11.6. The molecule has 1 amide bonds. The lowest BCUT2D eigenvalue weighted by molar-refractivity contribution is -0.116. The molecule has 2 rings (SSSR count). The second kappa shape index (κ2) is 6.38. The molecule has 2 aromatic rings. The molecule has 1 heterocycles. The van der Waals surface area contributed by atoms with Gasteiger partial charge >= 0.3 is 0 Å². The largest absolute Gasteiger partial charge is 0.384 e. The van der Waals surface area contributed by atoms with Crippen LogP contribution < -0.4 is 10.6 Å². The van der Waals surface area contributed by atoms with Gasteiger partial charge in [-0.1, -0.05) is 27.2 Å². The number of aryl methyl sites for hydroxylation is 1. The maximum absolute atomic E-state index is 11.6. The highest BCUT2D eigenvalue weighted by molar-refractivity contribution is 9.10. The molecule has 0 radical (unpaired) electrons. The Bertz CT molecular complexity index is 569. The van der Waals surface area contributed by atoms with E-state index in [-0.39, 0.29) is 5.91 Å². The first-order valence-corrected chi connectivity index (χ1v) is 6.65. The maximum Gasteiger partial charge on any atom is 0.227 e. The molecular weight excluding hydrogens is 310 g/mol. The first-order valence-electron chi connectivity index (χ1n) is 5.86. The minimum Gasteiger partial charge on any atom is -0.384 e. The third-order valence-corrected chi connectivity index (χ3v) is 2.89. The van der Waals surface area contributed by atoms with Crippen LogP contribution in [-0.4, -0.2) is 17.6 Å². The van der Waals surface area contributed by atoms with Crippen LogP contribution in [0.15, 0.2) is 39.3 Å². The van der Waals surface area contributed by atoms with Crippen molar-refractivity contribution in [1.29, 1.82) is 0 Å². The summed E-state index contributed by atoms with van der Waals surface area (Å²) in [6, 6.07) is 9.47. The van der Waals surface area contributed by atoms with Crippen LogP contribution in [0.5, 0.6) is 0 Å². The zero-order valence-electron chi connectivity index (χ0n) is 10.4. The lowest BCUT2D eigenvalue weighted by atomic mass is 10.3. The van der Waals surface area contributed by atoms with E-state index in [1.807, 2.05) is 24.3 Å². The van der Waals surface area contributed by atoms with Crippen molar-refractivity contribution in [3.63, 3.8) is 0 Å². The van der Waals surface area contributed by atoms with Gasteiger partial charge in [0.2, 0.25) is 5.91 Å². The number of benzene rings is 1. The number of rotatable bonds is 5. The van der Waals surface area contributed by atoms with E-state index in [2.05, 4.69) is 31.7 Å². The van der Waals surface area contributed by atoms with E-state index in [0.717, 1.165) is 10.2 Å². The second-order valence-electron chi connectivity index (χ2n) is 4.06. The van der Waals surface area contributed by atoms with Gasteiger partial charge in [0.1, 0.15) is 5.76 Å². The van der Waals surface area contributed by atoms with Gasteiger partial charge in [0.15, 0.2) is 5.82 Å². The van der Waals surface area contributed by atoms with Gasteiger partial charge in [-0.15, -0.1) is 0 Å². The number of hydrogen-bond donors (Lipinski definition) is 2. The van der Waals surface area contributed by atoms with Crippen LogP contribution in [0.3, 0.4) is 0 Å². The summed E-state index contributed by atoms with van der Waals surface area (Å²) in [6.07, 6.45) is 0.360. The molecule has 0 saturated heterocycles. The number of hydrogen-bond acceptors (Lipinski definition) is 4. The summed E-state index contributed by atoms with van der Waals surface area (Å²) in [5, 5.41) is 9.54. The van der Waals surface area contributed by atoms with Crippen LogP contribution in [0.4, 0.5) is 11.5 Å². The van der Waals surface area contributed by atoms with Crippen molar-refractivity contribution in [2.75, 3.05) is 17.2 Å². The number of amides is 1. The molecule has 5 nitrogen and oxygen atoms in total. The highest BCUT2D eigenvalue weighted by Crippen LogP contribution is 2.15. The van der Waals surface area contributed by atoms with Crippen LogP contribution >= 0.6 is 15.9 Å². The number of anilines is 2. The van der Waals surface area contributed by atoms with E-state index in [0.29, 0.717) is 24.5 Å². The van der Waals surface area contributed by atoms with E-state index in [4.69, 9.17) is 4.52 Å². The first kappa shape index (κ1) is 13.6. The highest BCUT2D eigenvalue weighted by atomic mass is 79.9. The maximum atomic E-state index is 11.6. The molecule has 0 atom stereocenters. The SMILES string of the molecule is Cc1cc(NC(=O)CCNc2cccc(Br)c2)no1. The van der Waals surface area contributed by atoms with E-state index in [9.17, 15) is 4.79 Å². The predicted molar refractivity (Wildman–Crippen MR) is 77.1 cm³/mol. The predicted octanol–water partition coefficient (Wildman–Crippen LogP) is 3.19. The normalized spacial score (nSPS) is 10.2. The lowest BCUT2D eigenvalue weighted by Gasteiger charge is -2.06. The molecule has 1 aromatic carbocycles. The van der Waals surface area contributed by atoms with Crippen molar-refractivity contribution in [2.45, 2.75) is 13.3 Å². The van der Waals surface area contributed by atoms with Crippen molar-refractivity contribution in [3.8, 4) is 0 Å². The van der Waals surface area contributed by atoms with E-state index < -0.39 is 0 Å². The fourth-order valence-electron chi connectivity index (χ4n) is 1.55. The molecule has 0 aliphatic carbocycles. The van der Waals surface area contributed by atoms with Crippen molar-refractivity contribution < 1.29 is 9.32 Å². The Hall–Kier alpha value is -1.82. The molecule has 0 bridgehead atoms. The Kier molecular flexibility index (Phi) is 4.57. The van der Waals surface area contributed by atoms with Crippen LogP contribution in [0, 0.1) is 6.92 Å². The van der Waals surface area contributed by atoms with Crippen molar-refractivity contribution in [2.24, 2.45) is 0 Å². The Labute approximate surface area is 119 Å². The summed E-state index contributed by atoms with van der Waals surface area (Å²) in [5.74, 6) is 1.02. The molecule has 100 valence electrons. The molecule has 0 saturated carbocycles. The van der Waals surface area contributed by atoms with Crippen LogP contribution in [-0.2, 0) is 4.79 Å². The monoisotopic (exact) mass is 323 g/mol. The number of aromatic nitrogens is 1. The number of carbonyl (C=O) groups is 1. The van der Waals surface area contributed by atoms with E-state index in [1.54, 1.807) is 13.0 Å². The summed E-state index contributed by atoms with van der Waals surface area (Å²) < 4.78 is 5.87. The number of halogens is 1. The van der Waals surface area contributed by atoms with Crippen LogP contribution in [0.25, 0.3) is 0 Å². The fourth-order valence-corrected chi connectivity index (χ4v) is 1.95. The third kappa shape index (κ3) is 4.40. The summed E-state index contributed by atoms with van der Waals surface area (Å²) in [5.41, 5.74) is 0.972. The van der Waals surface area contributed by atoms with E-state index in [1.165, 1.54) is 0 Å². The molecule has 1 aromatic heterocycles. The van der Waals surface area contributed by atoms with Gasteiger partial charge in [-0.05, 0) is 25.1 Å². The molecule has 0 unspecified atom stereocenters. The average molecular weight is 324 g/mol. The Balaban J connectivity index is 1.75. The van der Waals surface area contributed by atoms with Crippen molar-refractivity contribution >= 4 is 33.3 Å². The molecule has 2 N–H and O–H groups in total. The highest BCUT2D eigenvalue weighted by Gasteiger charge is 2.05. The minimum absolute atomic E-state index is 0.101. The Morgan fingerprint density at radius 1 is 1.42 bits per heavy atom. The van der Waals surface area contributed by atoms with Crippen LogP contribution in [0.1, 0.15) is 12.2 Å². The van der Waals surface area contributed by atoms with Crippen LogP contribution in [0.2, 0.25) is 0 Å². The standard InChI is InChI=1S/C13H14BrN3O2/c1-9-7-12(17-19-9)16-13(18)5-6-15-11-4-2-3-10(14)8-11/h2-4,7-8,15H,5-6H2,1H3,(H,16,17,18). The van der Waals surface area contributed by atoms with Gasteiger partial charge in [-0.2, -0.15) is 0 Å². The Morgan fingerprint density at radius 3 is 2.95 bits per heavy atom. The van der Waals surface area contributed by atoms with Gasteiger partial charge in [-0.3, -0.25) is 4.79 Å². The smallest absolute Gasteiger partial charge is 0.227 e. The van der Waals surface area contributed by atoms with Gasteiger partial charge in [-0.25, -0.2) is 0 Å². The quantitative estimate of drug-likeness (QED) is 0.886. The molecule has 0 aliphatic rings. The molecule has 0 spiro atoms.